The number of hydrogen-bond acceptors (Lipinski definition) is 2. The van der Waals surface area contributed by atoms with Gasteiger partial charge in [0, 0.05) is 22.9 Å². The Morgan fingerprint density at radius 2 is 1.77 bits per heavy atom. The first-order valence-corrected chi connectivity index (χ1v) is 7.56. The van der Waals surface area contributed by atoms with E-state index in [-0.39, 0.29) is 12.1 Å². The molecule has 0 bridgehead atoms. The van der Waals surface area contributed by atoms with Crippen LogP contribution >= 0.6 is 0 Å². The fourth-order valence-corrected chi connectivity index (χ4v) is 2.76. The van der Waals surface area contributed by atoms with Gasteiger partial charge in [0.25, 0.3) is 0 Å². The summed E-state index contributed by atoms with van der Waals surface area (Å²) in [6.45, 7) is 3.73. The number of rotatable bonds is 4. The number of benzene rings is 2. The summed E-state index contributed by atoms with van der Waals surface area (Å²) in [4.78, 5) is 15.1. The van der Waals surface area contributed by atoms with E-state index in [1.807, 2.05) is 50.2 Å². The molecule has 0 amide bonds. The van der Waals surface area contributed by atoms with Gasteiger partial charge in [0.15, 0.2) is 0 Å². The predicted octanol–water partition coefficient (Wildman–Crippen LogP) is 4.85. The van der Waals surface area contributed by atoms with Crippen LogP contribution in [0.2, 0.25) is 0 Å². The van der Waals surface area contributed by atoms with Crippen LogP contribution in [0, 0.1) is 0 Å². The Morgan fingerprint density at radius 3 is 2.50 bits per heavy atom. The highest BCUT2D eigenvalue weighted by atomic mass is 16.5. The lowest BCUT2D eigenvalue weighted by molar-refractivity contribution is -0.148. The van der Waals surface area contributed by atoms with E-state index >= 15 is 0 Å². The van der Waals surface area contributed by atoms with Crippen molar-refractivity contribution in [3.05, 3.63) is 60.2 Å². The van der Waals surface area contributed by atoms with Gasteiger partial charge in [-0.1, -0.05) is 55.5 Å². The zero-order valence-electron chi connectivity index (χ0n) is 12.8. The third-order valence-corrected chi connectivity index (χ3v) is 3.81. The van der Waals surface area contributed by atoms with Gasteiger partial charge in [-0.15, -0.1) is 0 Å². The van der Waals surface area contributed by atoms with Crippen LogP contribution in [0.1, 0.15) is 31.9 Å². The van der Waals surface area contributed by atoms with Crippen LogP contribution in [-0.2, 0) is 9.53 Å². The summed E-state index contributed by atoms with van der Waals surface area (Å²) in [7, 11) is 0. The first-order chi connectivity index (χ1) is 10.7. The standard InChI is InChI=1S/C19H19NO2/c1-3-17(21)22-13(2)18-15-11-7-8-12-16(15)20-19(18)14-9-5-4-6-10-14/h4-13,20H,3H2,1-2H3. The maximum absolute atomic E-state index is 11.7. The number of aromatic amines is 1. The van der Waals surface area contributed by atoms with Crippen LogP contribution in [0.25, 0.3) is 22.2 Å². The van der Waals surface area contributed by atoms with Crippen molar-refractivity contribution < 1.29 is 9.53 Å². The molecule has 3 nitrogen and oxygen atoms in total. The number of ether oxygens (including phenoxy) is 1. The second-order valence-corrected chi connectivity index (χ2v) is 5.31. The average Bonchev–Trinajstić information content (AvgIpc) is 2.95. The maximum atomic E-state index is 11.7. The summed E-state index contributed by atoms with van der Waals surface area (Å²) < 4.78 is 5.56. The lowest BCUT2D eigenvalue weighted by Crippen LogP contribution is -2.08. The molecule has 22 heavy (non-hydrogen) atoms. The van der Waals surface area contributed by atoms with Crippen LogP contribution in [0.5, 0.6) is 0 Å². The van der Waals surface area contributed by atoms with Crippen LogP contribution in [-0.4, -0.2) is 11.0 Å². The van der Waals surface area contributed by atoms with Gasteiger partial charge in [0.05, 0.1) is 5.69 Å². The van der Waals surface area contributed by atoms with Gasteiger partial charge < -0.3 is 9.72 Å². The van der Waals surface area contributed by atoms with E-state index in [1.54, 1.807) is 0 Å². The number of para-hydroxylation sites is 1. The molecule has 0 aliphatic heterocycles. The van der Waals surface area contributed by atoms with Crippen LogP contribution in [0.4, 0.5) is 0 Å². The van der Waals surface area contributed by atoms with E-state index in [1.165, 1.54) is 0 Å². The van der Waals surface area contributed by atoms with Gasteiger partial charge in [-0.25, -0.2) is 0 Å². The highest BCUT2D eigenvalue weighted by Crippen LogP contribution is 2.36. The van der Waals surface area contributed by atoms with Crippen molar-refractivity contribution >= 4 is 16.9 Å². The van der Waals surface area contributed by atoms with E-state index in [9.17, 15) is 4.79 Å². The summed E-state index contributed by atoms with van der Waals surface area (Å²) in [6, 6.07) is 18.2. The highest BCUT2D eigenvalue weighted by molar-refractivity contribution is 5.91. The van der Waals surface area contributed by atoms with Crippen LogP contribution < -0.4 is 0 Å². The minimum absolute atomic E-state index is 0.184. The van der Waals surface area contributed by atoms with E-state index in [0.717, 1.165) is 27.7 Å². The van der Waals surface area contributed by atoms with Crippen LogP contribution in [0.3, 0.4) is 0 Å². The summed E-state index contributed by atoms with van der Waals surface area (Å²) >= 11 is 0. The molecule has 2 aromatic carbocycles. The number of carbonyl (C=O) groups excluding carboxylic acids is 1. The molecule has 0 radical (unpaired) electrons. The van der Waals surface area contributed by atoms with E-state index in [4.69, 9.17) is 4.74 Å². The van der Waals surface area contributed by atoms with Crippen molar-refractivity contribution in [2.45, 2.75) is 26.4 Å². The van der Waals surface area contributed by atoms with Crippen molar-refractivity contribution in [3.8, 4) is 11.3 Å². The second-order valence-electron chi connectivity index (χ2n) is 5.31. The number of esters is 1. The van der Waals surface area contributed by atoms with Gasteiger partial charge in [-0.05, 0) is 18.6 Å². The molecule has 1 atom stereocenters. The quantitative estimate of drug-likeness (QED) is 0.699. The smallest absolute Gasteiger partial charge is 0.306 e. The number of nitrogens with one attached hydrogen (secondary N) is 1. The van der Waals surface area contributed by atoms with Crippen molar-refractivity contribution in [1.82, 2.24) is 4.98 Å². The first-order valence-electron chi connectivity index (χ1n) is 7.56. The fourth-order valence-electron chi connectivity index (χ4n) is 2.76. The van der Waals surface area contributed by atoms with E-state index in [2.05, 4.69) is 23.2 Å². The second kappa shape index (κ2) is 6.06. The van der Waals surface area contributed by atoms with Gasteiger partial charge in [-0.3, -0.25) is 4.79 Å². The molecule has 3 aromatic rings. The zero-order valence-corrected chi connectivity index (χ0v) is 12.8. The molecule has 0 saturated carbocycles. The summed E-state index contributed by atoms with van der Waals surface area (Å²) in [5.74, 6) is -0.184. The minimum atomic E-state index is -0.293. The molecule has 0 aliphatic carbocycles. The van der Waals surface area contributed by atoms with Crippen molar-refractivity contribution in [2.24, 2.45) is 0 Å². The molecular formula is C19H19NO2. The van der Waals surface area contributed by atoms with Crippen molar-refractivity contribution in [3.63, 3.8) is 0 Å². The third kappa shape index (κ3) is 2.62. The van der Waals surface area contributed by atoms with Gasteiger partial charge in [-0.2, -0.15) is 0 Å². The Hall–Kier alpha value is -2.55. The Labute approximate surface area is 129 Å². The molecule has 1 heterocycles. The van der Waals surface area contributed by atoms with Crippen LogP contribution in [0.15, 0.2) is 54.6 Å². The molecule has 0 spiro atoms. The molecule has 1 unspecified atom stereocenters. The summed E-state index contributed by atoms with van der Waals surface area (Å²) in [5, 5.41) is 1.10. The van der Waals surface area contributed by atoms with Crippen molar-refractivity contribution in [1.29, 1.82) is 0 Å². The normalized spacial score (nSPS) is 12.3. The number of H-pyrrole nitrogens is 1. The molecule has 1 N–H and O–H groups in total. The lowest BCUT2D eigenvalue weighted by Gasteiger charge is -2.14. The number of carbonyl (C=O) groups is 1. The first kappa shape index (κ1) is 14.4. The zero-order chi connectivity index (χ0) is 15.5. The molecule has 3 heteroatoms. The number of hydrogen-bond donors (Lipinski definition) is 1. The number of fused-ring (bicyclic) bond motifs is 1. The average molecular weight is 293 g/mol. The highest BCUT2D eigenvalue weighted by Gasteiger charge is 2.20. The monoisotopic (exact) mass is 293 g/mol. The Morgan fingerprint density at radius 1 is 1.09 bits per heavy atom. The predicted molar refractivity (Wildman–Crippen MR) is 88.5 cm³/mol. The van der Waals surface area contributed by atoms with E-state index in [0.29, 0.717) is 6.42 Å². The molecule has 112 valence electrons. The molecule has 0 fully saturated rings. The topological polar surface area (TPSA) is 42.1 Å². The summed E-state index contributed by atoms with van der Waals surface area (Å²) in [6.07, 6.45) is 0.0895. The summed E-state index contributed by atoms with van der Waals surface area (Å²) in [5.41, 5.74) is 4.19. The molecule has 0 aliphatic rings. The SMILES string of the molecule is CCC(=O)OC(C)c1c(-c2ccccc2)[nH]c2ccccc12. The largest absolute Gasteiger partial charge is 0.458 e. The van der Waals surface area contributed by atoms with Gasteiger partial charge in [0.1, 0.15) is 6.10 Å². The van der Waals surface area contributed by atoms with Crippen molar-refractivity contribution in [2.75, 3.05) is 0 Å². The maximum Gasteiger partial charge on any atom is 0.306 e. The third-order valence-electron chi connectivity index (χ3n) is 3.81. The molecule has 3 rings (SSSR count). The fraction of sp³-hybridized carbons (Fsp3) is 0.211. The molecule has 1 aromatic heterocycles. The molecular weight excluding hydrogens is 274 g/mol. The minimum Gasteiger partial charge on any atom is -0.458 e. The van der Waals surface area contributed by atoms with Gasteiger partial charge >= 0.3 is 5.97 Å². The lowest BCUT2D eigenvalue weighted by atomic mass is 10.0. The van der Waals surface area contributed by atoms with Gasteiger partial charge in [0.2, 0.25) is 0 Å². The Bertz CT molecular complexity index is 790. The van der Waals surface area contributed by atoms with E-state index < -0.39 is 0 Å². The Kier molecular flexibility index (Phi) is 3.96. The molecule has 0 saturated heterocycles. The number of aromatic nitrogens is 1. The Balaban J connectivity index is 2.15.